The molecule has 0 radical (unpaired) electrons. The third-order valence-corrected chi connectivity index (χ3v) is 2.63. The highest BCUT2D eigenvalue weighted by Gasteiger charge is 2.12. The molecule has 6 heteroatoms. The van der Waals surface area contributed by atoms with E-state index in [2.05, 4.69) is 4.98 Å². The van der Waals surface area contributed by atoms with E-state index in [0.29, 0.717) is 18.1 Å². The number of para-hydroxylation sites is 2. The van der Waals surface area contributed by atoms with Crippen molar-refractivity contribution >= 4 is 11.7 Å². The number of rotatable bonds is 6. The molecule has 0 atom stereocenters. The van der Waals surface area contributed by atoms with Crippen LogP contribution in [0.1, 0.15) is 23.8 Å². The molecule has 0 unspecified atom stereocenters. The Labute approximate surface area is 122 Å². The number of carbonyl (C=O) groups is 1. The summed E-state index contributed by atoms with van der Waals surface area (Å²) in [5.41, 5.74) is 5.89. The number of aromatic nitrogens is 1. The van der Waals surface area contributed by atoms with Crippen LogP contribution in [0.4, 0.5) is 5.69 Å². The van der Waals surface area contributed by atoms with Crippen molar-refractivity contribution in [2.45, 2.75) is 13.3 Å². The quantitative estimate of drug-likeness (QED) is 0.848. The Bertz CT molecular complexity index is 643. The molecule has 0 saturated heterocycles. The zero-order valence-corrected chi connectivity index (χ0v) is 11.6. The fourth-order valence-corrected chi connectivity index (χ4v) is 1.62. The normalized spacial score (nSPS) is 10.1. The number of pyridine rings is 1. The lowest BCUT2D eigenvalue weighted by Gasteiger charge is -2.12. The second kappa shape index (κ2) is 6.60. The first-order chi connectivity index (χ1) is 10.1. The van der Waals surface area contributed by atoms with E-state index in [1.54, 1.807) is 18.2 Å². The number of nitrogens with two attached hydrogens (primary N) is 1. The van der Waals surface area contributed by atoms with Gasteiger partial charge in [0.15, 0.2) is 17.2 Å². The third-order valence-electron chi connectivity index (χ3n) is 2.63. The maximum Gasteiger partial charge on any atom is 0.354 e. The molecule has 0 spiro atoms. The van der Waals surface area contributed by atoms with Gasteiger partial charge in [-0.25, -0.2) is 9.78 Å². The Balaban J connectivity index is 2.29. The van der Waals surface area contributed by atoms with Gasteiger partial charge in [0.1, 0.15) is 0 Å². The average Bonchev–Trinajstić information content (AvgIpc) is 2.48. The molecule has 0 aliphatic heterocycles. The van der Waals surface area contributed by atoms with Gasteiger partial charge in [-0.15, -0.1) is 0 Å². The van der Waals surface area contributed by atoms with E-state index in [1.165, 1.54) is 12.1 Å². The molecule has 3 N–H and O–H groups in total. The summed E-state index contributed by atoms with van der Waals surface area (Å²) in [7, 11) is 0. The van der Waals surface area contributed by atoms with E-state index < -0.39 is 5.97 Å². The molecule has 1 aromatic heterocycles. The van der Waals surface area contributed by atoms with E-state index in [1.807, 2.05) is 13.0 Å². The molecule has 0 saturated carbocycles. The highest BCUT2D eigenvalue weighted by molar-refractivity contribution is 5.86. The van der Waals surface area contributed by atoms with Gasteiger partial charge in [-0.3, -0.25) is 0 Å². The fraction of sp³-hybridized carbons (Fsp3) is 0.200. The summed E-state index contributed by atoms with van der Waals surface area (Å²) in [5.74, 6) is -0.105. The van der Waals surface area contributed by atoms with Crippen molar-refractivity contribution < 1.29 is 19.4 Å². The van der Waals surface area contributed by atoms with Crippen LogP contribution < -0.4 is 15.2 Å². The summed E-state index contributed by atoms with van der Waals surface area (Å²) >= 11 is 0. The van der Waals surface area contributed by atoms with Gasteiger partial charge in [-0.2, -0.15) is 0 Å². The van der Waals surface area contributed by atoms with Crippen molar-refractivity contribution in [3.05, 3.63) is 42.1 Å². The lowest BCUT2D eigenvalue weighted by molar-refractivity contribution is 0.0689. The first-order valence-electron chi connectivity index (χ1n) is 6.51. The number of nitrogens with zero attached hydrogens (tertiary/aromatic N) is 1. The summed E-state index contributed by atoms with van der Waals surface area (Å²) in [6.45, 7) is 2.55. The van der Waals surface area contributed by atoms with Gasteiger partial charge < -0.3 is 20.3 Å². The SMILES string of the molecule is CCCOc1ccccc1Oc1nc(C(=O)O)ccc1N. The molecular formula is C15H16N2O4. The number of hydrogen-bond acceptors (Lipinski definition) is 5. The van der Waals surface area contributed by atoms with Crippen LogP contribution in [-0.2, 0) is 0 Å². The van der Waals surface area contributed by atoms with Gasteiger partial charge in [-0.1, -0.05) is 19.1 Å². The van der Waals surface area contributed by atoms with Crippen LogP contribution in [0.2, 0.25) is 0 Å². The predicted octanol–water partition coefficient (Wildman–Crippen LogP) is 2.94. The Morgan fingerprint density at radius 3 is 2.62 bits per heavy atom. The number of carboxylic acid groups (broad SMARTS) is 1. The first kappa shape index (κ1) is 14.6. The fourth-order valence-electron chi connectivity index (χ4n) is 1.62. The Hall–Kier alpha value is -2.76. The highest BCUT2D eigenvalue weighted by Crippen LogP contribution is 2.33. The minimum atomic E-state index is -1.14. The zero-order valence-electron chi connectivity index (χ0n) is 11.6. The smallest absolute Gasteiger partial charge is 0.354 e. The van der Waals surface area contributed by atoms with Crippen molar-refractivity contribution in [3.63, 3.8) is 0 Å². The maximum atomic E-state index is 10.9. The molecular weight excluding hydrogens is 272 g/mol. The summed E-state index contributed by atoms with van der Waals surface area (Å²) < 4.78 is 11.2. The van der Waals surface area contributed by atoms with Gasteiger partial charge >= 0.3 is 5.97 Å². The Morgan fingerprint density at radius 1 is 1.24 bits per heavy atom. The monoisotopic (exact) mass is 288 g/mol. The lowest BCUT2D eigenvalue weighted by atomic mass is 10.3. The second-order valence-electron chi connectivity index (χ2n) is 4.29. The molecule has 0 aliphatic rings. The van der Waals surface area contributed by atoms with E-state index in [4.69, 9.17) is 20.3 Å². The zero-order chi connectivity index (χ0) is 15.2. The number of hydrogen-bond donors (Lipinski definition) is 2. The van der Waals surface area contributed by atoms with Crippen LogP contribution in [0.15, 0.2) is 36.4 Å². The molecule has 1 heterocycles. The van der Waals surface area contributed by atoms with Crippen molar-refractivity contribution in [3.8, 4) is 17.4 Å². The van der Waals surface area contributed by atoms with Crippen molar-refractivity contribution in [1.29, 1.82) is 0 Å². The minimum Gasteiger partial charge on any atom is -0.490 e. The molecule has 21 heavy (non-hydrogen) atoms. The van der Waals surface area contributed by atoms with E-state index in [0.717, 1.165) is 6.42 Å². The second-order valence-corrected chi connectivity index (χ2v) is 4.29. The van der Waals surface area contributed by atoms with Crippen molar-refractivity contribution in [2.75, 3.05) is 12.3 Å². The summed E-state index contributed by atoms with van der Waals surface area (Å²) in [6.07, 6.45) is 0.864. The van der Waals surface area contributed by atoms with Crippen molar-refractivity contribution in [1.82, 2.24) is 4.98 Å². The number of ether oxygens (including phenoxy) is 2. The molecule has 0 aliphatic carbocycles. The minimum absolute atomic E-state index is 0.0439. The molecule has 0 bridgehead atoms. The van der Waals surface area contributed by atoms with Crippen LogP contribution in [-0.4, -0.2) is 22.7 Å². The summed E-state index contributed by atoms with van der Waals surface area (Å²) in [6, 6.07) is 9.85. The third kappa shape index (κ3) is 3.62. The average molecular weight is 288 g/mol. The van der Waals surface area contributed by atoms with E-state index in [9.17, 15) is 4.79 Å². The number of nitrogen functional groups attached to an aromatic ring is 1. The Kier molecular flexibility index (Phi) is 4.61. The van der Waals surface area contributed by atoms with Crippen molar-refractivity contribution in [2.24, 2.45) is 0 Å². The van der Waals surface area contributed by atoms with Crippen LogP contribution in [0.25, 0.3) is 0 Å². The van der Waals surface area contributed by atoms with Gasteiger partial charge in [0.2, 0.25) is 5.88 Å². The highest BCUT2D eigenvalue weighted by atomic mass is 16.5. The molecule has 6 nitrogen and oxygen atoms in total. The van der Waals surface area contributed by atoms with E-state index >= 15 is 0 Å². The maximum absolute atomic E-state index is 10.9. The first-order valence-corrected chi connectivity index (χ1v) is 6.51. The number of aromatic carboxylic acids is 1. The molecule has 2 rings (SSSR count). The molecule has 1 aromatic carbocycles. The van der Waals surface area contributed by atoms with Gasteiger partial charge in [0.05, 0.1) is 12.3 Å². The predicted molar refractivity (Wildman–Crippen MR) is 77.9 cm³/mol. The number of anilines is 1. The lowest BCUT2D eigenvalue weighted by Crippen LogP contribution is -2.04. The molecule has 2 aromatic rings. The van der Waals surface area contributed by atoms with Crippen LogP contribution in [0.3, 0.4) is 0 Å². The molecule has 0 fully saturated rings. The van der Waals surface area contributed by atoms with Crippen LogP contribution >= 0.6 is 0 Å². The molecule has 110 valence electrons. The summed E-state index contributed by atoms with van der Waals surface area (Å²) in [4.78, 5) is 14.8. The van der Waals surface area contributed by atoms with Gasteiger partial charge in [-0.05, 0) is 30.7 Å². The Morgan fingerprint density at radius 2 is 1.95 bits per heavy atom. The molecule has 0 amide bonds. The largest absolute Gasteiger partial charge is 0.490 e. The standard InChI is InChI=1S/C15H16N2O4/c1-2-9-20-12-5-3-4-6-13(12)21-14-10(16)7-8-11(17-14)15(18)19/h3-8H,2,9,16H2,1H3,(H,18,19). The van der Waals surface area contributed by atoms with Crippen LogP contribution in [0, 0.1) is 0 Å². The summed E-state index contributed by atoms with van der Waals surface area (Å²) in [5, 5.41) is 8.95. The number of carboxylic acids is 1. The van der Waals surface area contributed by atoms with Gasteiger partial charge in [0.25, 0.3) is 0 Å². The topological polar surface area (TPSA) is 94.7 Å². The van der Waals surface area contributed by atoms with Crippen LogP contribution in [0.5, 0.6) is 17.4 Å². The number of benzene rings is 1. The van der Waals surface area contributed by atoms with Gasteiger partial charge in [0, 0.05) is 0 Å². The van der Waals surface area contributed by atoms with E-state index in [-0.39, 0.29) is 17.3 Å².